The number of rotatable bonds is 7. The van der Waals surface area contributed by atoms with Crippen molar-refractivity contribution in [2.45, 2.75) is 13.3 Å². The summed E-state index contributed by atoms with van der Waals surface area (Å²) in [5.41, 5.74) is 6.66. The number of carbonyl (C=O) groups is 3. The lowest BCUT2D eigenvalue weighted by Gasteiger charge is -2.13. The van der Waals surface area contributed by atoms with Crippen LogP contribution in [0, 0.1) is 0 Å². The van der Waals surface area contributed by atoms with Crippen LogP contribution in [0.15, 0.2) is 18.2 Å². The lowest BCUT2D eigenvalue weighted by atomic mass is 10.1. The van der Waals surface area contributed by atoms with Crippen molar-refractivity contribution in [2.75, 3.05) is 31.2 Å². The summed E-state index contributed by atoms with van der Waals surface area (Å²) >= 11 is 0.973. The standard InChI is InChI=1S/C15H19N3O4S/c1-2-7-22-12-4-3-10(8-11(12)16)14(20)17-5-6-18-13(19)9-23-15(18)21/h3-4,8H,2,5-7,9,16H2,1H3,(H,17,20). The second kappa shape index (κ2) is 7.87. The minimum Gasteiger partial charge on any atom is -0.491 e. The molecular formula is C15H19N3O4S. The molecule has 1 fully saturated rings. The van der Waals surface area contributed by atoms with Crippen LogP contribution >= 0.6 is 11.8 Å². The smallest absolute Gasteiger partial charge is 0.288 e. The van der Waals surface area contributed by atoms with Crippen molar-refractivity contribution in [1.82, 2.24) is 10.2 Å². The number of thioether (sulfide) groups is 1. The molecule has 7 nitrogen and oxygen atoms in total. The van der Waals surface area contributed by atoms with E-state index in [1.165, 1.54) is 0 Å². The van der Waals surface area contributed by atoms with Crippen LogP contribution in [0.1, 0.15) is 23.7 Å². The number of nitrogen functional groups attached to an aromatic ring is 1. The van der Waals surface area contributed by atoms with Crippen molar-refractivity contribution in [3.05, 3.63) is 23.8 Å². The number of imide groups is 1. The molecule has 124 valence electrons. The highest BCUT2D eigenvalue weighted by molar-refractivity contribution is 8.14. The minimum absolute atomic E-state index is 0.169. The Bertz CT molecular complexity index is 605. The van der Waals surface area contributed by atoms with Gasteiger partial charge in [-0.3, -0.25) is 19.3 Å². The van der Waals surface area contributed by atoms with Gasteiger partial charge in [0.05, 0.1) is 18.0 Å². The zero-order chi connectivity index (χ0) is 16.8. The van der Waals surface area contributed by atoms with Gasteiger partial charge in [-0.05, 0) is 24.6 Å². The molecule has 1 aliphatic rings. The summed E-state index contributed by atoms with van der Waals surface area (Å²) in [6, 6.07) is 4.82. The number of nitrogens with zero attached hydrogens (tertiary/aromatic N) is 1. The fourth-order valence-corrected chi connectivity index (χ4v) is 2.77. The van der Waals surface area contributed by atoms with Gasteiger partial charge >= 0.3 is 0 Å². The quantitative estimate of drug-likeness (QED) is 0.731. The van der Waals surface area contributed by atoms with Crippen molar-refractivity contribution < 1.29 is 19.1 Å². The highest BCUT2D eigenvalue weighted by atomic mass is 32.2. The molecule has 3 N–H and O–H groups in total. The summed E-state index contributed by atoms with van der Waals surface area (Å²) in [7, 11) is 0. The third-order valence-electron chi connectivity index (χ3n) is 3.20. The van der Waals surface area contributed by atoms with Gasteiger partial charge in [0.1, 0.15) is 5.75 Å². The monoisotopic (exact) mass is 337 g/mol. The SMILES string of the molecule is CCCOc1ccc(C(=O)NCCN2C(=O)CSC2=O)cc1N. The number of nitrogens with two attached hydrogens (primary N) is 1. The molecule has 0 aromatic heterocycles. The summed E-state index contributed by atoms with van der Waals surface area (Å²) < 4.78 is 5.45. The highest BCUT2D eigenvalue weighted by Gasteiger charge is 2.29. The molecule has 0 bridgehead atoms. The zero-order valence-electron chi connectivity index (χ0n) is 12.8. The molecule has 8 heteroatoms. The maximum atomic E-state index is 12.1. The number of hydrogen-bond donors (Lipinski definition) is 2. The maximum Gasteiger partial charge on any atom is 0.288 e. The first-order chi connectivity index (χ1) is 11.0. The van der Waals surface area contributed by atoms with Crippen molar-refractivity contribution in [2.24, 2.45) is 0 Å². The van der Waals surface area contributed by atoms with Crippen molar-refractivity contribution in [3.8, 4) is 5.75 Å². The van der Waals surface area contributed by atoms with Crippen molar-refractivity contribution in [3.63, 3.8) is 0 Å². The average Bonchev–Trinajstić information content (AvgIpc) is 2.85. The van der Waals surface area contributed by atoms with Gasteiger partial charge in [0, 0.05) is 18.7 Å². The van der Waals surface area contributed by atoms with E-state index in [9.17, 15) is 14.4 Å². The van der Waals surface area contributed by atoms with Crippen LogP contribution in [0.5, 0.6) is 5.75 Å². The Kier molecular flexibility index (Phi) is 5.86. The Morgan fingerprint density at radius 1 is 1.43 bits per heavy atom. The minimum atomic E-state index is -0.314. The highest BCUT2D eigenvalue weighted by Crippen LogP contribution is 2.22. The molecule has 1 aromatic rings. The number of amides is 3. The second-order valence-electron chi connectivity index (χ2n) is 4.96. The van der Waals surface area contributed by atoms with Crippen LogP contribution in [0.2, 0.25) is 0 Å². The number of benzene rings is 1. The van der Waals surface area contributed by atoms with Gasteiger partial charge in [0.15, 0.2) is 0 Å². The largest absolute Gasteiger partial charge is 0.491 e. The molecule has 1 aromatic carbocycles. The number of anilines is 1. The van der Waals surface area contributed by atoms with Crippen LogP contribution in [-0.4, -0.2) is 47.4 Å². The van der Waals surface area contributed by atoms with Gasteiger partial charge in [-0.15, -0.1) is 0 Å². The van der Waals surface area contributed by atoms with Gasteiger partial charge in [-0.2, -0.15) is 0 Å². The topological polar surface area (TPSA) is 102 Å². The molecule has 0 radical (unpaired) electrons. The first-order valence-electron chi connectivity index (χ1n) is 7.30. The molecule has 0 saturated carbocycles. The Morgan fingerprint density at radius 2 is 2.22 bits per heavy atom. The molecular weight excluding hydrogens is 318 g/mol. The number of nitrogens with one attached hydrogen (secondary N) is 1. The molecule has 3 amide bonds. The van der Waals surface area contributed by atoms with E-state index in [1.54, 1.807) is 18.2 Å². The number of carbonyl (C=O) groups excluding carboxylic acids is 3. The van der Waals surface area contributed by atoms with E-state index in [-0.39, 0.29) is 35.9 Å². The lowest BCUT2D eigenvalue weighted by molar-refractivity contribution is -0.124. The third kappa shape index (κ3) is 4.38. The molecule has 2 rings (SSSR count). The van der Waals surface area contributed by atoms with E-state index in [4.69, 9.17) is 10.5 Å². The van der Waals surface area contributed by atoms with E-state index in [0.29, 0.717) is 23.6 Å². The average molecular weight is 337 g/mol. The predicted octanol–water partition coefficient (Wildman–Crippen LogP) is 1.48. The van der Waals surface area contributed by atoms with Crippen LogP contribution < -0.4 is 15.8 Å². The number of hydrogen-bond acceptors (Lipinski definition) is 6. The molecule has 23 heavy (non-hydrogen) atoms. The Hall–Kier alpha value is -2.22. The summed E-state index contributed by atoms with van der Waals surface area (Å²) in [4.78, 5) is 36.1. The molecule has 0 aliphatic carbocycles. The Balaban J connectivity index is 1.87. The normalized spacial score (nSPS) is 14.2. The lowest BCUT2D eigenvalue weighted by Crippen LogP contribution is -2.37. The van der Waals surface area contributed by atoms with Crippen LogP contribution in [0.25, 0.3) is 0 Å². The van der Waals surface area contributed by atoms with Gasteiger partial charge < -0.3 is 15.8 Å². The Labute approximate surface area is 138 Å². The summed E-state index contributed by atoms with van der Waals surface area (Å²) in [6.45, 7) is 2.92. The van der Waals surface area contributed by atoms with Crippen molar-refractivity contribution in [1.29, 1.82) is 0 Å². The number of ether oxygens (including phenoxy) is 1. The van der Waals surface area contributed by atoms with Gasteiger partial charge in [-0.1, -0.05) is 18.7 Å². The van der Waals surface area contributed by atoms with Gasteiger partial charge in [0.25, 0.3) is 11.1 Å². The van der Waals surface area contributed by atoms with E-state index < -0.39 is 0 Å². The molecule has 0 atom stereocenters. The van der Waals surface area contributed by atoms with Crippen LogP contribution in [0.4, 0.5) is 10.5 Å². The fraction of sp³-hybridized carbons (Fsp3) is 0.400. The molecule has 1 aliphatic heterocycles. The first kappa shape index (κ1) is 17.1. The van der Waals surface area contributed by atoms with E-state index >= 15 is 0 Å². The third-order valence-corrected chi connectivity index (χ3v) is 4.05. The summed E-state index contributed by atoms with van der Waals surface area (Å²) in [5, 5.41) is 2.39. The summed E-state index contributed by atoms with van der Waals surface area (Å²) in [5.74, 6) is 0.179. The van der Waals surface area contributed by atoms with Gasteiger partial charge in [-0.25, -0.2) is 0 Å². The zero-order valence-corrected chi connectivity index (χ0v) is 13.6. The predicted molar refractivity (Wildman–Crippen MR) is 88.5 cm³/mol. The molecule has 0 spiro atoms. The van der Waals surface area contributed by atoms with Crippen LogP contribution in [0.3, 0.4) is 0 Å². The van der Waals surface area contributed by atoms with Crippen molar-refractivity contribution >= 4 is 34.5 Å². The molecule has 1 heterocycles. The summed E-state index contributed by atoms with van der Waals surface area (Å²) in [6.07, 6.45) is 0.869. The molecule has 1 saturated heterocycles. The van der Waals surface area contributed by atoms with E-state index in [1.807, 2.05) is 6.92 Å². The van der Waals surface area contributed by atoms with Gasteiger partial charge in [0.2, 0.25) is 5.91 Å². The Morgan fingerprint density at radius 3 is 2.83 bits per heavy atom. The van der Waals surface area contributed by atoms with E-state index in [2.05, 4.69) is 5.32 Å². The molecule has 0 unspecified atom stereocenters. The second-order valence-corrected chi connectivity index (χ2v) is 5.88. The fourth-order valence-electron chi connectivity index (χ4n) is 2.01. The maximum absolute atomic E-state index is 12.1. The van der Waals surface area contributed by atoms with E-state index in [0.717, 1.165) is 23.1 Å². The van der Waals surface area contributed by atoms with Crippen LogP contribution in [-0.2, 0) is 4.79 Å². The first-order valence-corrected chi connectivity index (χ1v) is 8.29.